The third-order valence-electron chi connectivity index (χ3n) is 6.12. The predicted molar refractivity (Wildman–Crippen MR) is 122 cm³/mol. The Labute approximate surface area is 197 Å². The van der Waals surface area contributed by atoms with Crippen LogP contribution in [0, 0.1) is 23.7 Å². The van der Waals surface area contributed by atoms with Gasteiger partial charge < -0.3 is 4.74 Å². The molecule has 8 heteroatoms. The molecule has 3 aliphatic rings. The van der Waals surface area contributed by atoms with Crippen molar-refractivity contribution in [3.8, 4) is 5.75 Å². The number of amides is 2. The van der Waals surface area contributed by atoms with Crippen LogP contribution in [0.2, 0.25) is 10.0 Å². The van der Waals surface area contributed by atoms with Gasteiger partial charge in [0.05, 0.1) is 22.5 Å². The molecule has 5 rings (SSSR count). The molecule has 2 aromatic rings. The van der Waals surface area contributed by atoms with Crippen LogP contribution < -0.4 is 4.74 Å². The van der Waals surface area contributed by atoms with Crippen molar-refractivity contribution >= 4 is 57.2 Å². The molecule has 0 aromatic heterocycles. The van der Waals surface area contributed by atoms with Gasteiger partial charge in [0.15, 0.2) is 0 Å². The number of carbonyl (C=O) groups excluding carboxylic acids is 2. The van der Waals surface area contributed by atoms with E-state index < -0.39 is 0 Å². The second-order valence-electron chi connectivity index (χ2n) is 7.95. The first kappa shape index (κ1) is 20.7. The number of allylic oxidation sites excluding steroid dienone is 2. The number of hydrazone groups is 1. The minimum atomic E-state index is -0.248. The molecular formula is C23H17BrCl2N2O3. The lowest BCUT2D eigenvalue weighted by Gasteiger charge is -2.13. The highest BCUT2D eigenvalue weighted by molar-refractivity contribution is 9.10. The van der Waals surface area contributed by atoms with Gasteiger partial charge in [-0.2, -0.15) is 10.1 Å². The normalized spacial score (nSPS) is 26.4. The third kappa shape index (κ3) is 3.71. The second-order valence-corrected chi connectivity index (χ2v) is 9.64. The van der Waals surface area contributed by atoms with E-state index in [1.54, 1.807) is 18.2 Å². The summed E-state index contributed by atoms with van der Waals surface area (Å²) in [5.74, 6) is 0.0963. The first-order valence-electron chi connectivity index (χ1n) is 9.89. The van der Waals surface area contributed by atoms with Crippen molar-refractivity contribution in [1.29, 1.82) is 0 Å². The fraction of sp³-hybridized carbons (Fsp3) is 0.261. The largest absolute Gasteiger partial charge is 0.488 e. The SMILES string of the molecule is O=C1[C@@H]2[C@H](C(=O)N1/N=C\c1ccc(OCc3ccc(Cl)cc3Cl)c(Br)c1)[C@H]1C=C[C@H]2C1. The number of ether oxygens (including phenoxy) is 1. The summed E-state index contributed by atoms with van der Waals surface area (Å²) in [5.41, 5.74) is 1.56. The maximum atomic E-state index is 12.7. The van der Waals surface area contributed by atoms with Gasteiger partial charge in [-0.25, -0.2) is 0 Å². The molecule has 1 saturated carbocycles. The van der Waals surface area contributed by atoms with Crippen LogP contribution in [-0.4, -0.2) is 23.0 Å². The summed E-state index contributed by atoms with van der Waals surface area (Å²) in [6.45, 7) is 0.290. The van der Waals surface area contributed by atoms with Crippen molar-refractivity contribution in [3.05, 3.63) is 74.2 Å². The average Bonchev–Trinajstić information content (AvgIpc) is 3.41. The van der Waals surface area contributed by atoms with Gasteiger partial charge in [-0.05, 0) is 70.1 Å². The molecule has 0 spiro atoms. The van der Waals surface area contributed by atoms with E-state index in [1.165, 1.54) is 6.21 Å². The molecule has 2 aliphatic carbocycles. The number of halogens is 3. The Morgan fingerprint density at radius 2 is 1.77 bits per heavy atom. The maximum absolute atomic E-state index is 12.7. The summed E-state index contributed by atoms with van der Waals surface area (Å²) in [4.78, 5) is 25.4. The molecule has 2 aromatic carbocycles. The van der Waals surface area contributed by atoms with Crippen molar-refractivity contribution in [2.45, 2.75) is 13.0 Å². The fourth-order valence-corrected chi connectivity index (χ4v) is 5.61. The van der Waals surface area contributed by atoms with Crippen LogP contribution in [0.25, 0.3) is 0 Å². The zero-order valence-electron chi connectivity index (χ0n) is 16.2. The minimum Gasteiger partial charge on any atom is -0.488 e. The maximum Gasteiger partial charge on any atom is 0.254 e. The van der Waals surface area contributed by atoms with Crippen LogP contribution >= 0.6 is 39.1 Å². The molecule has 2 bridgehead atoms. The number of hydrogen-bond acceptors (Lipinski definition) is 4. The van der Waals surface area contributed by atoms with E-state index in [0.29, 0.717) is 15.8 Å². The lowest BCUT2D eigenvalue weighted by molar-refractivity contribution is -0.140. The predicted octanol–water partition coefficient (Wildman–Crippen LogP) is 5.48. The monoisotopic (exact) mass is 518 g/mol. The summed E-state index contributed by atoms with van der Waals surface area (Å²) in [5, 5.41) is 6.37. The van der Waals surface area contributed by atoms with Crippen LogP contribution in [0.4, 0.5) is 0 Å². The van der Waals surface area contributed by atoms with E-state index in [0.717, 1.165) is 27.0 Å². The Kier molecular flexibility index (Phi) is 5.40. The molecule has 2 amide bonds. The zero-order chi connectivity index (χ0) is 21.7. The number of nitrogens with zero attached hydrogens (tertiary/aromatic N) is 2. The average molecular weight is 520 g/mol. The van der Waals surface area contributed by atoms with Gasteiger partial charge in [0, 0.05) is 15.6 Å². The molecular weight excluding hydrogens is 503 g/mol. The Morgan fingerprint density at radius 3 is 2.42 bits per heavy atom. The molecule has 1 aliphatic heterocycles. The number of imide groups is 1. The number of benzene rings is 2. The van der Waals surface area contributed by atoms with Gasteiger partial charge in [-0.15, -0.1) is 0 Å². The second kappa shape index (κ2) is 8.08. The summed E-state index contributed by atoms with van der Waals surface area (Å²) in [7, 11) is 0. The Hall–Kier alpha value is -2.15. The number of rotatable bonds is 5. The van der Waals surface area contributed by atoms with Crippen molar-refractivity contribution in [1.82, 2.24) is 5.01 Å². The molecule has 0 N–H and O–H groups in total. The highest BCUT2D eigenvalue weighted by atomic mass is 79.9. The van der Waals surface area contributed by atoms with Crippen molar-refractivity contribution in [2.24, 2.45) is 28.8 Å². The van der Waals surface area contributed by atoms with Gasteiger partial charge in [0.2, 0.25) is 0 Å². The molecule has 2 fully saturated rings. The lowest BCUT2D eigenvalue weighted by Crippen LogP contribution is -2.28. The third-order valence-corrected chi connectivity index (χ3v) is 7.33. The van der Waals surface area contributed by atoms with Gasteiger partial charge in [-0.3, -0.25) is 9.59 Å². The molecule has 5 nitrogen and oxygen atoms in total. The van der Waals surface area contributed by atoms with Crippen LogP contribution in [-0.2, 0) is 16.2 Å². The van der Waals surface area contributed by atoms with Crippen LogP contribution in [0.15, 0.2) is 58.1 Å². The lowest BCUT2D eigenvalue weighted by atomic mass is 9.85. The van der Waals surface area contributed by atoms with Crippen molar-refractivity contribution in [3.63, 3.8) is 0 Å². The first-order chi connectivity index (χ1) is 14.9. The van der Waals surface area contributed by atoms with Crippen LogP contribution in [0.3, 0.4) is 0 Å². The number of carbonyl (C=O) groups is 2. The van der Waals surface area contributed by atoms with Crippen LogP contribution in [0.1, 0.15) is 17.5 Å². The summed E-state index contributed by atoms with van der Waals surface area (Å²) in [6.07, 6.45) is 6.56. The zero-order valence-corrected chi connectivity index (χ0v) is 19.3. The fourth-order valence-electron chi connectivity index (χ4n) is 4.63. The van der Waals surface area contributed by atoms with Crippen LogP contribution in [0.5, 0.6) is 5.75 Å². The van der Waals surface area contributed by atoms with Gasteiger partial charge in [0.25, 0.3) is 11.8 Å². The topological polar surface area (TPSA) is 59.0 Å². The van der Waals surface area contributed by atoms with E-state index in [1.807, 2.05) is 18.2 Å². The van der Waals surface area contributed by atoms with E-state index in [4.69, 9.17) is 27.9 Å². The van der Waals surface area contributed by atoms with E-state index in [2.05, 4.69) is 33.2 Å². The molecule has 4 atom stereocenters. The Bertz CT molecular complexity index is 1120. The van der Waals surface area contributed by atoms with Gasteiger partial charge >= 0.3 is 0 Å². The Morgan fingerprint density at radius 1 is 1.06 bits per heavy atom. The summed E-state index contributed by atoms with van der Waals surface area (Å²) >= 11 is 15.6. The van der Waals surface area contributed by atoms with E-state index in [-0.39, 0.29) is 42.1 Å². The van der Waals surface area contributed by atoms with Crippen molar-refractivity contribution in [2.75, 3.05) is 0 Å². The van der Waals surface area contributed by atoms with Gasteiger partial charge in [-0.1, -0.05) is 41.4 Å². The van der Waals surface area contributed by atoms with E-state index >= 15 is 0 Å². The molecule has 1 saturated heterocycles. The van der Waals surface area contributed by atoms with Crippen molar-refractivity contribution < 1.29 is 14.3 Å². The smallest absolute Gasteiger partial charge is 0.254 e. The van der Waals surface area contributed by atoms with E-state index in [9.17, 15) is 9.59 Å². The molecule has 31 heavy (non-hydrogen) atoms. The first-order valence-corrected chi connectivity index (χ1v) is 11.4. The number of fused-ring (bicyclic) bond motifs is 5. The number of hydrogen-bond donors (Lipinski definition) is 0. The highest BCUT2D eigenvalue weighted by Gasteiger charge is 2.59. The summed E-state index contributed by atoms with van der Waals surface area (Å²) < 4.78 is 6.57. The minimum absolute atomic E-state index is 0.173. The highest BCUT2D eigenvalue weighted by Crippen LogP contribution is 2.52. The molecule has 0 radical (unpaired) electrons. The Balaban J connectivity index is 1.27. The molecule has 1 heterocycles. The quantitative estimate of drug-likeness (QED) is 0.298. The molecule has 158 valence electrons. The standard InChI is InChI=1S/C23H17BrCl2N2O3/c24-17-7-12(1-6-19(17)31-11-15-4-5-16(25)9-18(15)26)10-27-28-22(29)20-13-2-3-14(8-13)21(20)23(28)30/h1-7,9-10,13-14,20-21H,8,11H2/b27-10-/t13-,14-,20-,21+/m0/s1. The summed E-state index contributed by atoms with van der Waals surface area (Å²) in [6, 6.07) is 10.7. The molecule has 0 unspecified atom stereocenters. The van der Waals surface area contributed by atoms with Gasteiger partial charge in [0.1, 0.15) is 12.4 Å².